The average molecular weight is 314 g/mol. The van der Waals surface area contributed by atoms with Crippen molar-refractivity contribution < 1.29 is 19.3 Å². The molecule has 0 saturated heterocycles. The number of hydrogen-bond acceptors (Lipinski definition) is 4. The zero-order valence-corrected chi connectivity index (χ0v) is 13.2. The Balaban J connectivity index is 1.49. The van der Waals surface area contributed by atoms with Gasteiger partial charge in [0.15, 0.2) is 0 Å². The van der Waals surface area contributed by atoms with Gasteiger partial charge in [-0.15, -0.1) is 0 Å². The molecule has 0 spiro atoms. The molecule has 1 aliphatic carbocycles. The second-order valence-electron chi connectivity index (χ2n) is 5.41. The maximum Gasteiger partial charge on any atom is 0.123 e. The molecule has 3 rings (SSSR count). The van der Waals surface area contributed by atoms with E-state index in [9.17, 15) is 0 Å². The van der Waals surface area contributed by atoms with E-state index in [4.69, 9.17) is 19.3 Å². The van der Waals surface area contributed by atoms with Gasteiger partial charge in [-0.25, -0.2) is 0 Å². The summed E-state index contributed by atoms with van der Waals surface area (Å²) in [5.41, 5.74) is 5.21. The largest absolute Gasteiger partial charge is 0.491 e. The second-order valence-corrected chi connectivity index (χ2v) is 5.41. The summed E-state index contributed by atoms with van der Waals surface area (Å²) in [4.78, 5) is 0. The summed E-state index contributed by atoms with van der Waals surface area (Å²) in [6, 6.07) is 14.7. The number of aliphatic hydroxyl groups is 1. The van der Waals surface area contributed by atoms with E-state index in [0.29, 0.717) is 33.0 Å². The molecule has 2 aromatic rings. The highest BCUT2D eigenvalue weighted by Crippen LogP contribution is 2.40. The molecule has 1 aliphatic rings. The summed E-state index contributed by atoms with van der Waals surface area (Å²) in [6.07, 6.45) is 0.928. The van der Waals surface area contributed by atoms with Crippen molar-refractivity contribution in [2.24, 2.45) is 0 Å². The molecular weight excluding hydrogens is 292 g/mol. The van der Waals surface area contributed by atoms with E-state index in [0.717, 1.165) is 12.2 Å². The standard InChI is InChI=1S/C19H22O4/c20-8-9-21-10-11-22-12-13-23-19-7-3-6-17-16-5-2-1-4-15(16)14-18(17)19/h1-7,20H,8-14H2. The first-order chi connectivity index (χ1) is 11.4. The van der Waals surface area contributed by atoms with Crippen LogP contribution >= 0.6 is 0 Å². The van der Waals surface area contributed by atoms with E-state index < -0.39 is 0 Å². The molecule has 0 atom stereocenters. The van der Waals surface area contributed by atoms with Gasteiger partial charge < -0.3 is 19.3 Å². The Morgan fingerprint density at radius 1 is 0.783 bits per heavy atom. The third kappa shape index (κ3) is 3.91. The lowest BCUT2D eigenvalue weighted by atomic mass is 10.1. The molecule has 2 aromatic carbocycles. The fourth-order valence-electron chi connectivity index (χ4n) is 2.86. The Morgan fingerprint density at radius 3 is 2.39 bits per heavy atom. The summed E-state index contributed by atoms with van der Waals surface area (Å²) < 4.78 is 16.5. The van der Waals surface area contributed by atoms with Crippen molar-refractivity contribution in [3.05, 3.63) is 53.6 Å². The zero-order chi connectivity index (χ0) is 15.9. The van der Waals surface area contributed by atoms with E-state index in [1.54, 1.807) is 0 Å². The van der Waals surface area contributed by atoms with Crippen molar-refractivity contribution in [3.8, 4) is 16.9 Å². The van der Waals surface area contributed by atoms with Crippen LogP contribution in [0.15, 0.2) is 42.5 Å². The highest BCUT2D eigenvalue weighted by atomic mass is 16.5. The lowest BCUT2D eigenvalue weighted by Crippen LogP contribution is -2.12. The summed E-state index contributed by atoms with van der Waals surface area (Å²) in [5.74, 6) is 0.943. The van der Waals surface area contributed by atoms with Crippen LogP contribution < -0.4 is 4.74 Å². The third-order valence-corrected chi connectivity index (χ3v) is 3.90. The van der Waals surface area contributed by atoms with Crippen LogP contribution in [0.1, 0.15) is 11.1 Å². The van der Waals surface area contributed by atoms with Crippen molar-refractivity contribution in [1.82, 2.24) is 0 Å². The first-order valence-corrected chi connectivity index (χ1v) is 7.99. The molecule has 1 N–H and O–H groups in total. The van der Waals surface area contributed by atoms with Crippen molar-refractivity contribution in [2.45, 2.75) is 6.42 Å². The summed E-state index contributed by atoms with van der Waals surface area (Å²) in [7, 11) is 0. The summed E-state index contributed by atoms with van der Waals surface area (Å²) in [6.45, 7) is 2.46. The molecule has 0 saturated carbocycles. The third-order valence-electron chi connectivity index (χ3n) is 3.90. The minimum atomic E-state index is 0.0462. The SMILES string of the molecule is OCCOCCOCCOc1cccc2c1Cc1ccccc1-2. The minimum Gasteiger partial charge on any atom is -0.491 e. The van der Waals surface area contributed by atoms with Crippen molar-refractivity contribution in [1.29, 1.82) is 0 Å². The van der Waals surface area contributed by atoms with Gasteiger partial charge in [0.05, 0.1) is 33.0 Å². The highest BCUT2D eigenvalue weighted by molar-refractivity contribution is 5.78. The van der Waals surface area contributed by atoms with E-state index in [1.165, 1.54) is 22.3 Å². The quantitative estimate of drug-likeness (QED) is 0.617. The molecule has 0 amide bonds. The summed E-state index contributed by atoms with van der Waals surface area (Å²) >= 11 is 0. The number of ether oxygens (including phenoxy) is 3. The fourth-order valence-corrected chi connectivity index (χ4v) is 2.86. The van der Waals surface area contributed by atoms with Crippen LogP contribution in [0.5, 0.6) is 5.75 Å². The minimum absolute atomic E-state index is 0.0462. The molecular formula is C19H22O4. The number of fused-ring (bicyclic) bond motifs is 3. The topological polar surface area (TPSA) is 47.9 Å². The van der Waals surface area contributed by atoms with Crippen LogP contribution in [-0.2, 0) is 15.9 Å². The Bertz CT molecular complexity index is 639. The predicted octanol–water partition coefficient (Wildman–Crippen LogP) is 2.66. The Hall–Kier alpha value is -1.88. The maximum absolute atomic E-state index is 8.59. The average Bonchev–Trinajstić information content (AvgIpc) is 2.97. The van der Waals surface area contributed by atoms with Crippen LogP contribution in [0.2, 0.25) is 0 Å². The lowest BCUT2D eigenvalue weighted by molar-refractivity contribution is 0.0246. The monoisotopic (exact) mass is 314 g/mol. The molecule has 0 radical (unpaired) electrons. The molecule has 0 aromatic heterocycles. The highest BCUT2D eigenvalue weighted by Gasteiger charge is 2.20. The van der Waals surface area contributed by atoms with Gasteiger partial charge in [-0.2, -0.15) is 0 Å². The van der Waals surface area contributed by atoms with Crippen molar-refractivity contribution in [3.63, 3.8) is 0 Å². The number of aliphatic hydroxyl groups excluding tert-OH is 1. The van der Waals surface area contributed by atoms with Gasteiger partial charge >= 0.3 is 0 Å². The van der Waals surface area contributed by atoms with E-state index in [2.05, 4.69) is 30.3 Å². The Labute approximate surface area is 136 Å². The molecule has 0 heterocycles. The van der Waals surface area contributed by atoms with Crippen LogP contribution in [0, 0.1) is 0 Å². The Morgan fingerprint density at radius 2 is 1.52 bits per heavy atom. The molecule has 122 valence electrons. The molecule has 0 fully saturated rings. The van der Waals surface area contributed by atoms with Gasteiger partial charge in [-0.05, 0) is 22.8 Å². The molecule has 23 heavy (non-hydrogen) atoms. The molecule has 0 bridgehead atoms. The predicted molar refractivity (Wildman–Crippen MR) is 88.9 cm³/mol. The fraction of sp³-hybridized carbons (Fsp3) is 0.368. The normalized spacial score (nSPS) is 12.0. The second kappa shape index (κ2) is 8.11. The van der Waals surface area contributed by atoms with Crippen molar-refractivity contribution >= 4 is 0 Å². The van der Waals surface area contributed by atoms with Gasteiger partial charge in [0.1, 0.15) is 12.4 Å². The smallest absolute Gasteiger partial charge is 0.123 e. The van der Waals surface area contributed by atoms with Gasteiger partial charge in [-0.3, -0.25) is 0 Å². The molecule has 0 unspecified atom stereocenters. The maximum atomic E-state index is 8.59. The van der Waals surface area contributed by atoms with Gasteiger partial charge in [-0.1, -0.05) is 36.4 Å². The number of hydrogen-bond donors (Lipinski definition) is 1. The van der Waals surface area contributed by atoms with Crippen LogP contribution in [0.3, 0.4) is 0 Å². The molecule has 4 nitrogen and oxygen atoms in total. The molecule has 0 aliphatic heterocycles. The van der Waals surface area contributed by atoms with E-state index in [-0.39, 0.29) is 6.61 Å². The van der Waals surface area contributed by atoms with Crippen LogP contribution in [0.25, 0.3) is 11.1 Å². The summed E-state index contributed by atoms with van der Waals surface area (Å²) in [5, 5.41) is 8.59. The number of rotatable bonds is 9. The molecule has 4 heteroatoms. The van der Waals surface area contributed by atoms with Gasteiger partial charge in [0.25, 0.3) is 0 Å². The van der Waals surface area contributed by atoms with Crippen molar-refractivity contribution in [2.75, 3.05) is 39.6 Å². The number of benzene rings is 2. The van der Waals surface area contributed by atoms with Gasteiger partial charge in [0.2, 0.25) is 0 Å². The van der Waals surface area contributed by atoms with Crippen LogP contribution in [-0.4, -0.2) is 44.7 Å². The van der Waals surface area contributed by atoms with Crippen LogP contribution in [0.4, 0.5) is 0 Å². The van der Waals surface area contributed by atoms with E-state index in [1.807, 2.05) is 12.1 Å². The van der Waals surface area contributed by atoms with E-state index >= 15 is 0 Å². The Kier molecular flexibility index (Phi) is 5.64. The lowest BCUT2D eigenvalue weighted by Gasteiger charge is -2.11. The first kappa shape index (κ1) is 16.0. The zero-order valence-electron chi connectivity index (χ0n) is 13.2. The first-order valence-electron chi connectivity index (χ1n) is 7.99. The van der Waals surface area contributed by atoms with Gasteiger partial charge in [0, 0.05) is 12.0 Å².